The number of thiophene rings is 1. The summed E-state index contributed by atoms with van der Waals surface area (Å²) in [6, 6.07) is 7.74. The van der Waals surface area contributed by atoms with Crippen molar-refractivity contribution in [3.8, 4) is 0 Å². The number of halogens is 2. The molecule has 0 atom stereocenters. The van der Waals surface area contributed by atoms with Crippen LogP contribution >= 0.6 is 22.9 Å². The van der Waals surface area contributed by atoms with Crippen molar-refractivity contribution in [1.82, 2.24) is 5.32 Å². The Bertz CT molecular complexity index is 600. The predicted octanol–water partition coefficient (Wildman–Crippen LogP) is 3.10. The molecule has 19 heavy (non-hydrogen) atoms. The number of nitrogens with two attached hydrogens (primary N) is 1. The maximum absolute atomic E-state index is 13.2. The number of hydrogen-bond donors (Lipinski definition) is 2. The molecule has 1 aromatic heterocycles. The molecular formula is C13H12ClFN2OS. The quantitative estimate of drug-likeness (QED) is 0.852. The van der Waals surface area contributed by atoms with E-state index in [0.717, 1.165) is 15.3 Å². The monoisotopic (exact) mass is 298 g/mol. The Morgan fingerprint density at radius 2 is 2.16 bits per heavy atom. The van der Waals surface area contributed by atoms with E-state index in [1.165, 1.54) is 23.5 Å². The number of carbonyl (C=O) groups excluding carboxylic acids is 1. The van der Waals surface area contributed by atoms with Crippen LogP contribution < -0.4 is 11.1 Å². The van der Waals surface area contributed by atoms with Crippen LogP contribution in [0.4, 0.5) is 10.1 Å². The maximum Gasteiger partial charge on any atom is 0.251 e. The molecule has 0 radical (unpaired) electrons. The molecule has 3 N–H and O–H groups in total. The molecule has 0 fully saturated rings. The van der Waals surface area contributed by atoms with Gasteiger partial charge in [-0.3, -0.25) is 4.79 Å². The van der Waals surface area contributed by atoms with Crippen LogP contribution in [0.2, 0.25) is 4.34 Å². The van der Waals surface area contributed by atoms with Gasteiger partial charge in [0.1, 0.15) is 5.82 Å². The smallest absolute Gasteiger partial charge is 0.251 e. The summed E-state index contributed by atoms with van der Waals surface area (Å²) in [5.74, 6) is -0.903. The summed E-state index contributed by atoms with van der Waals surface area (Å²) in [5, 5.41) is 2.72. The van der Waals surface area contributed by atoms with Gasteiger partial charge in [0.25, 0.3) is 5.91 Å². The average molecular weight is 299 g/mol. The van der Waals surface area contributed by atoms with Gasteiger partial charge >= 0.3 is 0 Å². The summed E-state index contributed by atoms with van der Waals surface area (Å²) in [5.41, 5.74) is 5.64. The first kappa shape index (κ1) is 13.8. The minimum absolute atomic E-state index is 0.0322. The number of carbonyl (C=O) groups is 1. The van der Waals surface area contributed by atoms with Crippen LogP contribution in [0.3, 0.4) is 0 Å². The Morgan fingerprint density at radius 3 is 2.79 bits per heavy atom. The number of rotatable bonds is 4. The molecule has 0 aliphatic heterocycles. The van der Waals surface area contributed by atoms with Crippen LogP contribution in [0.15, 0.2) is 30.3 Å². The van der Waals surface area contributed by atoms with Gasteiger partial charge < -0.3 is 11.1 Å². The van der Waals surface area contributed by atoms with Crippen molar-refractivity contribution >= 4 is 34.5 Å². The zero-order valence-electron chi connectivity index (χ0n) is 9.95. The van der Waals surface area contributed by atoms with Gasteiger partial charge in [0, 0.05) is 17.0 Å². The van der Waals surface area contributed by atoms with Crippen LogP contribution in [0.5, 0.6) is 0 Å². The van der Waals surface area contributed by atoms with Gasteiger partial charge in [-0.2, -0.15) is 0 Å². The molecule has 0 aliphatic rings. The molecule has 0 spiro atoms. The lowest BCUT2D eigenvalue weighted by molar-refractivity contribution is 0.0954. The molecule has 1 heterocycles. The van der Waals surface area contributed by atoms with Crippen molar-refractivity contribution in [3.63, 3.8) is 0 Å². The van der Waals surface area contributed by atoms with Crippen LogP contribution in [0, 0.1) is 5.82 Å². The molecule has 0 unspecified atom stereocenters. The maximum atomic E-state index is 13.2. The van der Waals surface area contributed by atoms with Crippen molar-refractivity contribution < 1.29 is 9.18 Å². The predicted molar refractivity (Wildman–Crippen MR) is 76.2 cm³/mol. The van der Waals surface area contributed by atoms with Crippen LogP contribution in [-0.2, 0) is 6.42 Å². The lowest BCUT2D eigenvalue weighted by Crippen LogP contribution is -2.25. The molecule has 6 heteroatoms. The molecule has 0 aliphatic carbocycles. The fourth-order valence-corrected chi connectivity index (χ4v) is 2.64. The van der Waals surface area contributed by atoms with E-state index < -0.39 is 5.82 Å². The van der Waals surface area contributed by atoms with Crippen LogP contribution in [0.1, 0.15) is 15.2 Å². The number of amides is 1. The Morgan fingerprint density at radius 1 is 1.37 bits per heavy atom. The van der Waals surface area contributed by atoms with Crippen molar-refractivity contribution in [1.29, 1.82) is 0 Å². The van der Waals surface area contributed by atoms with E-state index in [9.17, 15) is 9.18 Å². The first-order valence-electron chi connectivity index (χ1n) is 5.63. The number of nitrogen functional groups attached to an aromatic ring is 1. The Balaban J connectivity index is 1.89. The zero-order chi connectivity index (χ0) is 13.8. The molecule has 0 saturated carbocycles. The SMILES string of the molecule is Nc1ccc(C(=O)NCCc2ccc(Cl)s2)cc1F. The Hall–Kier alpha value is -1.59. The zero-order valence-corrected chi connectivity index (χ0v) is 11.5. The number of anilines is 1. The van der Waals surface area contributed by atoms with Crippen molar-refractivity contribution in [2.75, 3.05) is 12.3 Å². The summed E-state index contributed by atoms with van der Waals surface area (Å²) < 4.78 is 13.9. The highest BCUT2D eigenvalue weighted by Gasteiger charge is 2.08. The van der Waals surface area contributed by atoms with E-state index >= 15 is 0 Å². The molecule has 0 bridgehead atoms. The highest BCUT2D eigenvalue weighted by atomic mass is 35.5. The van der Waals surface area contributed by atoms with E-state index in [4.69, 9.17) is 17.3 Å². The van der Waals surface area contributed by atoms with Crippen molar-refractivity contribution in [2.24, 2.45) is 0 Å². The van der Waals surface area contributed by atoms with Gasteiger partial charge in [-0.15, -0.1) is 11.3 Å². The van der Waals surface area contributed by atoms with Gasteiger partial charge in [-0.25, -0.2) is 4.39 Å². The third kappa shape index (κ3) is 3.68. The minimum Gasteiger partial charge on any atom is -0.396 e. The highest BCUT2D eigenvalue weighted by molar-refractivity contribution is 7.16. The lowest BCUT2D eigenvalue weighted by Gasteiger charge is -2.05. The van der Waals surface area contributed by atoms with Gasteiger partial charge in [0.2, 0.25) is 0 Å². The van der Waals surface area contributed by atoms with E-state index in [1.807, 2.05) is 12.1 Å². The summed E-state index contributed by atoms with van der Waals surface area (Å²) in [4.78, 5) is 12.9. The van der Waals surface area contributed by atoms with Crippen LogP contribution in [0.25, 0.3) is 0 Å². The van der Waals surface area contributed by atoms with E-state index in [1.54, 1.807) is 0 Å². The Labute approximate surface area is 119 Å². The molecule has 100 valence electrons. The van der Waals surface area contributed by atoms with Gasteiger partial charge in [-0.1, -0.05) is 11.6 Å². The normalized spacial score (nSPS) is 10.4. The second-order valence-electron chi connectivity index (χ2n) is 3.95. The molecule has 1 amide bonds. The molecule has 1 aromatic carbocycles. The first-order chi connectivity index (χ1) is 9.06. The third-order valence-corrected chi connectivity index (χ3v) is 3.84. The summed E-state index contributed by atoms with van der Waals surface area (Å²) in [7, 11) is 0. The molecule has 2 aromatic rings. The van der Waals surface area contributed by atoms with Gasteiger partial charge in [0.15, 0.2) is 0 Å². The second kappa shape index (κ2) is 6.04. The lowest BCUT2D eigenvalue weighted by atomic mass is 10.2. The number of hydrogen-bond acceptors (Lipinski definition) is 3. The Kier molecular flexibility index (Phi) is 4.39. The van der Waals surface area contributed by atoms with Crippen molar-refractivity contribution in [3.05, 3.63) is 50.9 Å². The highest BCUT2D eigenvalue weighted by Crippen LogP contribution is 2.21. The fourth-order valence-electron chi connectivity index (χ4n) is 1.56. The van der Waals surface area contributed by atoms with Gasteiger partial charge in [0.05, 0.1) is 10.0 Å². The van der Waals surface area contributed by atoms with E-state index in [0.29, 0.717) is 13.0 Å². The van der Waals surface area contributed by atoms with Crippen LogP contribution in [-0.4, -0.2) is 12.5 Å². The summed E-state index contributed by atoms with van der Waals surface area (Å²) >= 11 is 7.28. The molecule has 0 saturated heterocycles. The second-order valence-corrected chi connectivity index (χ2v) is 5.75. The largest absolute Gasteiger partial charge is 0.396 e. The number of nitrogens with one attached hydrogen (secondary N) is 1. The standard InChI is InChI=1S/C13H12ClFN2OS/c14-12-4-2-9(19-12)5-6-17-13(18)8-1-3-11(16)10(15)7-8/h1-4,7H,5-6,16H2,(H,17,18). The fraction of sp³-hybridized carbons (Fsp3) is 0.154. The molecule has 3 nitrogen and oxygen atoms in total. The molecular weight excluding hydrogens is 287 g/mol. The van der Waals surface area contributed by atoms with Crippen molar-refractivity contribution in [2.45, 2.75) is 6.42 Å². The first-order valence-corrected chi connectivity index (χ1v) is 6.83. The molecule has 2 rings (SSSR count). The van der Waals surface area contributed by atoms with E-state index in [-0.39, 0.29) is 17.2 Å². The topological polar surface area (TPSA) is 55.1 Å². The van der Waals surface area contributed by atoms with E-state index in [2.05, 4.69) is 5.32 Å². The third-order valence-electron chi connectivity index (χ3n) is 2.55. The minimum atomic E-state index is -0.585. The average Bonchev–Trinajstić information content (AvgIpc) is 2.78. The summed E-state index contributed by atoms with van der Waals surface area (Å²) in [6.07, 6.45) is 0.695. The van der Waals surface area contributed by atoms with Gasteiger partial charge in [-0.05, 0) is 36.8 Å². The summed E-state index contributed by atoms with van der Waals surface area (Å²) in [6.45, 7) is 0.474. The number of benzene rings is 1.